The number of aromatic nitrogens is 2. The number of nitrogens with zero attached hydrogens (tertiary/aromatic N) is 3. The molecule has 1 atom stereocenters. The number of hydrogen-bond acceptors (Lipinski definition) is 6. The summed E-state index contributed by atoms with van der Waals surface area (Å²) in [7, 11) is 2.18. The number of nitrogens with one attached hydrogen (secondary N) is 2. The summed E-state index contributed by atoms with van der Waals surface area (Å²) in [6.07, 6.45) is 4.06. The summed E-state index contributed by atoms with van der Waals surface area (Å²) < 4.78 is 1.09. The molecule has 2 N–H and O–H groups in total. The number of benzene rings is 1. The number of amides is 1. The maximum absolute atomic E-state index is 12.7. The van der Waals surface area contributed by atoms with Gasteiger partial charge in [-0.1, -0.05) is 6.58 Å². The Kier molecular flexibility index (Phi) is 5.54. The molecule has 2 aliphatic heterocycles. The molecule has 1 fully saturated rings. The molecule has 7 heteroatoms. The Morgan fingerprint density at radius 2 is 1.97 bits per heavy atom. The Bertz CT molecular complexity index is 1470. The minimum absolute atomic E-state index is 0.00777. The molecule has 35 heavy (non-hydrogen) atoms. The van der Waals surface area contributed by atoms with Crippen molar-refractivity contribution >= 4 is 50.0 Å². The highest BCUT2D eigenvalue weighted by atomic mass is 32.1. The molecule has 2 aliphatic rings. The van der Waals surface area contributed by atoms with Crippen LogP contribution < -0.4 is 10.6 Å². The summed E-state index contributed by atoms with van der Waals surface area (Å²) in [6.45, 7) is 8.88. The Labute approximate surface area is 209 Å². The molecule has 0 unspecified atom stereocenters. The van der Waals surface area contributed by atoms with E-state index in [0.29, 0.717) is 12.5 Å². The molecule has 6 rings (SSSR count). The second-order valence-corrected chi connectivity index (χ2v) is 10.8. The highest BCUT2D eigenvalue weighted by molar-refractivity contribution is 7.21. The van der Waals surface area contributed by atoms with E-state index in [-0.39, 0.29) is 11.9 Å². The molecule has 3 aromatic heterocycles. The average Bonchev–Trinajstić information content (AvgIpc) is 3.20. The van der Waals surface area contributed by atoms with Crippen LogP contribution in [0.4, 0.5) is 5.69 Å². The SMILES string of the molecule is C=Cc1cc(-c2ccc3c(ccc4sc5c(c43)NC[C@@H](C)NC5=O)n2)cc(C2CCN(C)CC2)n1. The molecule has 1 aromatic carbocycles. The summed E-state index contributed by atoms with van der Waals surface area (Å²) >= 11 is 1.54. The van der Waals surface area contributed by atoms with Gasteiger partial charge in [0.15, 0.2) is 0 Å². The Balaban J connectivity index is 1.44. The van der Waals surface area contributed by atoms with Crippen molar-refractivity contribution in [2.75, 3.05) is 32.0 Å². The third-order valence-corrected chi connectivity index (χ3v) is 8.35. The van der Waals surface area contributed by atoms with Gasteiger partial charge in [-0.3, -0.25) is 9.78 Å². The molecule has 0 spiro atoms. The number of fused-ring (bicyclic) bond motifs is 5. The van der Waals surface area contributed by atoms with Crippen LogP contribution in [0.2, 0.25) is 0 Å². The molecule has 0 saturated carbocycles. The lowest BCUT2D eigenvalue weighted by molar-refractivity contribution is 0.0949. The van der Waals surface area contributed by atoms with Crippen LogP contribution in [0.5, 0.6) is 0 Å². The lowest BCUT2D eigenvalue weighted by Crippen LogP contribution is -2.34. The lowest BCUT2D eigenvalue weighted by Gasteiger charge is -2.28. The number of carbonyl (C=O) groups excluding carboxylic acids is 1. The Morgan fingerprint density at radius 3 is 2.77 bits per heavy atom. The first kappa shape index (κ1) is 22.2. The summed E-state index contributed by atoms with van der Waals surface area (Å²) in [5.74, 6) is 0.456. The van der Waals surface area contributed by atoms with E-state index < -0.39 is 0 Å². The molecule has 0 aliphatic carbocycles. The van der Waals surface area contributed by atoms with Crippen LogP contribution >= 0.6 is 11.3 Å². The number of pyridine rings is 2. The molecule has 1 saturated heterocycles. The van der Waals surface area contributed by atoms with E-state index in [0.717, 1.165) is 80.1 Å². The molecule has 6 nitrogen and oxygen atoms in total. The molecule has 4 aromatic rings. The number of anilines is 1. The number of thiophene rings is 1. The fourth-order valence-electron chi connectivity index (χ4n) is 5.23. The molecule has 0 bridgehead atoms. The highest BCUT2D eigenvalue weighted by Crippen LogP contribution is 2.41. The second-order valence-electron chi connectivity index (χ2n) is 9.75. The van der Waals surface area contributed by atoms with E-state index in [2.05, 4.69) is 65.6 Å². The Hall–Kier alpha value is -3.29. The van der Waals surface area contributed by atoms with Crippen molar-refractivity contribution < 1.29 is 4.79 Å². The van der Waals surface area contributed by atoms with Gasteiger partial charge in [-0.25, -0.2) is 4.98 Å². The zero-order valence-corrected chi connectivity index (χ0v) is 20.9. The summed E-state index contributed by atoms with van der Waals surface area (Å²) in [4.78, 5) is 25.8. The first-order valence-corrected chi connectivity index (χ1v) is 13.1. The van der Waals surface area contributed by atoms with E-state index in [1.807, 2.05) is 13.0 Å². The van der Waals surface area contributed by atoms with Crippen molar-refractivity contribution in [1.82, 2.24) is 20.2 Å². The fourth-order valence-corrected chi connectivity index (χ4v) is 6.32. The predicted molar refractivity (Wildman–Crippen MR) is 145 cm³/mol. The van der Waals surface area contributed by atoms with Gasteiger partial charge in [-0.05, 0) is 82.4 Å². The number of carbonyl (C=O) groups is 1. The van der Waals surface area contributed by atoms with Crippen LogP contribution in [0, 0.1) is 0 Å². The van der Waals surface area contributed by atoms with E-state index in [4.69, 9.17) is 9.97 Å². The van der Waals surface area contributed by atoms with E-state index in [1.54, 1.807) is 0 Å². The first-order valence-electron chi connectivity index (χ1n) is 12.2. The molecule has 178 valence electrons. The van der Waals surface area contributed by atoms with Crippen molar-refractivity contribution in [1.29, 1.82) is 0 Å². The number of likely N-dealkylation sites (tertiary alicyclic amines) is 1. The van der Waals surface area contributed by atoms with Gasteiger partial charge >= 0.3 is 0 Å². The zero-order valence-electron chi connectivity index (χ0n) is 20.1. The van der Waals surface area contributed by atoms with Gasteiger partial charge in [0.25, 0.3) is 5.91 Å². The van der Waals surface area contributed by atoms with Gasteiger partial charge < -0.3 is 15.5 Å². The van der Waals surface area contributed by atoms with Crippen molar-refractivity contribution in [2.24, 2.45) is 0 Å². The van der Waals surface area contributed by atoms with Crippen LogP contribution in [0.25, 0.3) is 38.3 Å². The van der Waals surface area contributed by atoms with Crippen LogP contribution in [-0.4, -0.2) is 53.5 Å². The summed E-state index contributed by atoms with van der Waals surface area (Å²) in [5, 5.41) is 8.71. The summed E-state index contributed by atoms with van der Waals surface area (Å²) in [6, 6.07) is 12.7. The predicted octanol–water partition coefficient (Wildman–Crippen LogP) is 5.51. The largest absolute Gasteiger partial charge is 0.381 e. The summed E-state index contributed by atoms with van der Waals surface area (Å²) in [5.41, 5.74) is 5.87. The van der Waals surface area contributed by atoms with E-state index in [9.17, 15) is 4.79 Å². The molecule has 1 amide bonds. The normalized spacial score (nSPS) is 19.3. The van der Waals surface area contributed by atoms with Crippen LogP contribution in [0.15, 0.2) is 43.0 Å². The van der Waals surface area contributed by atoms with Gasteiger partial charge in [0.2, 0.25) is 0 Å². The first-order chi connectivity index (χ1) is 17.0. The zero-order chi connectivity index (χ0) is 24.1. The monoisotopic (exact) mass is 483 g/mol. The topological polar surface area (TPSA) is 70.2 Å². The quantitative estimate of drug-likeness (QED) is 0.402. The minimum Gasteiger partial charge on any atom is -0.381 e. The van der Waals surface area contributed by atoms with Gasteiger partial charge in [-0.2, -0.15) is 0 Å². The average molecular weight is 484 g/mol. The van der Waals surface area contributed by atoms with Crippen molar-refractivity contribution in [2.45, 2.75) is 31.7 Å². The molecular weight excluding hydrogens is 454 g/mol. The van der Waals surface area contributed by atoms with E-state index in [1.165, 1.54) is 11.3 Å². The van der Waals surface area contributed by atoms with Crippen molar-refractivity contribution in [3.63, 3.8) is 0 Å². The lowest BCUT2D eigenvalue weighted by atomic mass is 9.92. The van der Waals surface area contributed by atoms with Crippen LogP contribution in [0.1, 0.15) is 46.7 Å². The maximum atomic E-state index is 12.7. The highest BCUT2D eigenvalue weighted by Gasteiger charge is 2.25. The standard InChI is InChI=1S/C28H29N5OS/c1-4-19-13-18(14-23(31-19)17-9-11-33(3)12-10-17)21-6-5-20-22(32-21)7-8-24-25(20)26-27(35-24)28(34)30-16(2)15-29-26/h4-8,13-14,16-17,29H,1,9-12,15H2,2-3H3,(H,30,34)/t16-/m1/s1. The fraction of sp³-hybridized carbons (Fsp3) is 0.321. The maximum Gasteiger partial charge on any atom is 0.263 e. The van der Waals surface area contributed by atoms with Gasteiger partial charge in [-0.15, -0.1) is 11.3 Å². The van der Waals surface area contributed by atoms with Crippen LogP contribution in [-0.2, 0) is 0 Å². The molecule has 0 radical (unpaired) electrons. The Morgan fingerprint density at radius 1 is 1.14 bits per heavy atom. The third kappa shape index (κ3) is 3.98. The van der Waals surface area contributed by atoms with E-state index >= 15 is 0 Å². The molecule has 5 heterocycles. The van der Waals surface area contributed by atoms with Crippen molar-refractivity contribution in [3.05, 3.63) is 59.2 Å². The molecular formula is C28H29N5OS. The minimum atomic E-state index is -0.00777. The smallest absolute Gasteiger partial charge is 0.263 e. The second kappa shape index (κ2) is 8.73. The number of piperidine rings is 1. The van der Waals surface area contributed by atoms with Crippen molar-refractivity contribution in [3.8, 4) is 11.3 Å². The number of rotatable bonds is 3. The van der Waals surface area contributed by atoms with Gasteiger partial charge in [0.1, 0.15) is 4.88 Å². The van der Waals surface area contributed by atoms with Gasteiger partial charge in [0, 0.05) is 45.2 Å². The van der Waals surface area contributed by atoms with Gasteiger partial charge in [0.05, 0.1) is 22.6 Å². The van der Waals surface area contributed by atoms with Crippen LogP contribution in [0.3, 0.4) is 0 Å². The third-order valence-electron chi connectivity index (χ3n) is 7.20. The number of hydrogen-bond donors (Lipinski definition) is 2.